The van der Waals surface area contributed by atoms with Crippen LogP contribution in [0.4, 0.5) is 0 Å². The third-order valence-corrected chi connectivity index (χ3v) is 4.73. The first-order chi connectivity index (χ1) is 9.80. The van der Waals surface area contributed by atoms with E-state index in [1.165, 1.54) is 24.8 Å². The highest BCUT2D eigenvalue weighted by Crippen LogP contribution is 2.43. The van der Waals surface area contributed by atoms with Gasteiger partial charge in [0.25, 0.3) is 0 Å². The van der Waals surface area contributed by atoms with Gasteiger partial charge in [-0.1, -0.05) is 36.8 Å². The standard InChI is InChI=1S/C16H25N3S/c1-17-15(18-11-12-20-2)19-13-16(9-6-10-16)14-7-4-3-5-8-14/h3-5,7-8H,6,9-13H2,1-2H3,(H2,17,18,19). The second kappa shape index (κ2) is 7.58. The van der Waals surface area contributed by atoms with Crippen LogP contribution in [0.5, 0.6) is 0 Å². The van der Waals surface area contributed by atoms with Gasteiger partial charge in [0.1, 0.15) is 0 Å². The summed E-state index contributed by atoms with van der Waals surface area (Å²) in [6.45, 7) is 1.93. The Morgan fingerprint density at radius 3 is 2.55 bits per heavy atom. The van der Waals surface area contributed by atoms with Crippen molar-refractivity contribution in [3.05, 3.63) is 35.9 Å². The number of nitrogens with zero attached hydrogens (tertiary/aromatic N) is 1. The van der Waals surface area contributed by atoms with Crippen LogP contribution in [0, 0.1) is 0 Å². The van der Waals surface area contributed by atoms with Crippen molar-refractivity contribution >= 4 is 17.7 Å². The summed E-state index contributed by atoms with van der Waals surface area (Å²) in [7, 11) is 1.84. The fourth-order valence-corrected chi connectivity index (χ4v) is 3.01. The number of hydrogen-bond acceptors (Lipinski definition) is 2. The van der Waals surface area contributed by atoms with E-state index < -0.39 is 0 Å². The maximum Gasteiger partial charge on any atom is 0.191 e. The first-order valence-corrected chi connectivity index (χ1v) is 8.69. The molecule has 1 aromatic rings. The van der Waals surface area contributed by atoms with Gasteiger partial charge >= 0.3 is 0 Å². The Morgan fingerprint density at radius 1 is 1.25 bits per heavy atom. The molecule has 20 heavy (non-hydrogen) atoms. The van der Waals surface area contributed by atoms with Gasteiger partial charge in [0.15, 0.2) is 5.96 Å². The van der Waals surface area contributed by atoms with Crippen molar-refractivity contribution in [1.29, 1.82) is 0 Å². The summed E-state index contributed by atoms with van der Waals surface area (Å²) in [6, 6.07) is 10.9. The lowest BCUT2D eigenvalue weighted by Crippen LogP contribution is -2.49. The zero-order valence-corrected chi connectivity index (χ0v) is 13.3. The number of nitrogens with one attached hydrogen (secondary N) is 2. The molecule has 0 bridgehead atoms. The van der Waals surface area contributed by atoms with Crippen molar-refractivity contribution in [3.8, 4) is 0 Å². The van der Waals surface area contributed by atoms with Gasteiger partial charge in [0.2, 0.25) is 0 Å². The van der Waals surface area contributed by atoms with Crippen LogP contribution in [0.15, 0.2) is 35.3 Å². The Bertz CT molecular complexity index is 427. The van der Waals surface area contributed by atoms with E-state index in [0.29, 0.717) is 5.41 Å². The fraction of sp³-hybridized carbons (Fsp3) is 0.562. The molecule has 0 aromatic heterocycles. The average molecular weight is 291 g/mol. The molecule has 0 aliphatic heterocycles. The maximum atomic E-state index is 4.30. The average Bonchev–Trinajstić information content (AvgIpc) is 2.45. The van der Waals surface area contributed by atoms with Gasteiger partial charge in [-0.15, -0.1) is 0 Å². The van der Waals surface area contributed by atoms with E-state index in [4.69, 9.17) is 0 Å². The number of thioether (sulfide) groups is 1. The van der Waals surface area contributed by atoms with Gasteiger partial charge in [-0.2, -0.15) is 11.8 Å². The van der Waals surface area contributed by atoms with Crippen LogP contribution in [0.25, 0.3) is 0 Å². The van der Waals surface area contributed by atoms with E-state index in [2.05, 4.69) is 52.2 Å². The second-order valence-corrected chi connectivity index (χ2v) is 6.33. The van der Waals surface area contributed by atoms with Crippen LogP contribution in [-0.4, -0.2) is 38.1 Å². The fourth-order valence-electron chi connectivity index (χ4n) is 2.71. The summed E-state index contributed by atoms with van der Waals surface area (Å²) in [5, 5.41) is 6.86. The lowest BCUT2D eigenvalue weighted by Gasteiger charge is -2.43. The number of rotatable bonds is 6. The highest BCUT2D eigenvalue weighted by molar-refractivity contribution is 7.98. The van der Waals surface area contributed by atoms with Crippen molar-refractivity contribution in [3.63, 3.8) is 0 Å². The Kier molecular flexibility index (Phi) is 5.77. The molecule has 2 rings (SSSR count). The lowest BCUT2D eigenvalue weighted by atomic mass is 9.64. The first kappa shape index (κ1) is 15.2. The molecule has 3 nitrogen and oxygen atoms in total. The van der Waals surface area contributed by atoms with Crippen LogP contribution in [0.2, 0.25) is 0 Å². The smallest absolute Gasteiger partial charge is 0.191 e. The van der Waals surface area contributed by atoms with E-state index in [0.717, 1.165) is 24.8 Å². The molecule has 1 saturated carbocycles. The monoisotopic (exact) mass is 291 g/mol. The maximum absolute atomic E-state index is 4.30. The highest BCUT2D eigenvalue weighted by atomic mass is 32.2. The summed E-state index contributed by atoms with van der Waals surface area (Å²) < 4.78 is 0. The molecule has 110 valence electrons. The van der Waals surface area contributed by atoms with Crippen molar-refractivity contribution < 1.29 is 0 Å². The topological polar surface area (TPSA) is 36.4 Å². The van der Waals surface area contributed by atoms with Crippen LogP contribution < -0.4 is 10.6 Å². The van der Waals surface area contributed by atoms with E-state index in [-0.39, 0.29) is 0 Å². The van der Waals surface area contributed by atoms with E-state index in [1.54, 1.807) is 0 Å². The van der Waals surface area contributed by atoms with Gasteiger partial charge in [-0.25, -0.2) is 0 Å². The minimum Gasteiger partial charge on any atom is -0.356 e. The molecule has 0 amide bonds. The van der Waals surface area contributed by atoms with Gasteiger partial charge in [0.05, 0.1) is 0 Å². The minimum atomic E-state index is 0.304. The molecule has 0 spiro atoms. The van der Waals surface area contributed by atoms with Crippen LogP contribution >= 0.6 is 11.8 Å². The molecule has 1 fully saturated rings. The van der Waals surface area contributed by atoms with Gasteiger partial charge in [-0.3, -0.25) is 4.99 Å². The number of benzene rings is 1. The molecule has 0 atom stereocenters. The normalized spacial score (nSPS) is 17.4. The van der Waals surface area contributed by atoms with E-state index in [9.17, 15) is 0 Å². The Morgan fingerprint density at radius 2 is 2.00 bits per heavy atom. The summed E-state index contributed by atoms with van der Waals surface area (Å²) in [4.78, 5) is 4.30. The molecule has 0 saturated heterocycles. The number of aliphatic imine (C=N–C) groups is 1. The first-order valence-electron chi connectivity index (χ1n) is 7.30. The molecule has 0 heterocycles. The lowest BCUT2D eigenvalue weighted by molar-refractivity contribution is 0.244. The van der Waals surface area contributed by atoms with Crippen molar-refractivity contribution in [1.82, 2.24) is 10.6 Å². The summed E-state index contributed by atoms with van der Waals surface area (Å²) in [5.74, 6) is 2.02. The van der Waals surface area contributed by atoms with Crippen molar-refractivity contribution in [2.24, 2.45) is 4.99 Å². The quantitative estimate of drug-likeness (QED) is 0.480. The molecule has 0 radical (unpaired) electrons. The van der Waals surface area contributed by atoms with Gasteiger partial charge in [-0.05, 0) is 24.7 Å². The van der Waals surface area contributed by atoms with E-state index in [1.807, 2.05) is 18.8 Å². The predicted octanol–water partition coefficient (Wildman–Crippen LogP) is 2.64. The predicted molar refractivity (Wildman–Crippen MR) is 89.7 cm³/mol. The summed E-state index contributed by atoms with van der Waals surface area (Å²) >= 11 is 1.85. The molecule has 1 aromatic carbocycles. The Hall–Kier alpha value is -1.16. The third kappa shape index (κ3) is 3.69. The largest absolute Gasteiger partial charge is 0.356 e. The molecule has 2 N–H and O–H groups in total. The SMILES string of the molecule is CN=C(NCCSC)NCC1(c2ccccc2)CCC1. The summed E-state index contributed by atoms with van der Waals surface area (Å²) in [6.07, 6.45) is 5.99. The molecule has 1 aliphatic rings. The number of hydrogen-bond donors (Lipinski definition) is 2. The summed E-state index contributed by atoms with van der Waals surface area (Å²) in [5.41, 5.74) is 1.76. The van der Waals surface area contributed by atoms with E-state index >= 15 is 0 Å². The highest BCUT2D eigenvalue weighted by Gasteiger charge is 2.38. The van der Waals surface area contributed by atoms with Crippen molar-refractivity contribution in [2.45, 2.75) is 24.7 Å². The number of guanidine groups is 1. The van der Waals surface area contributed by atoms with Gasteiger partial charge < -0.3 is 10.6 Å². The Labute approximate surface area is 126 Å². The minimum absolute atomic E-state index is 0.304. The molecular weight excluding hydrogens is 266 g/mol. The zero-order valence-electron chi connectivity index (χ0n) is 12.5. The third-order valence-electron chi connectivity index (χ3n) is 4.11. The molecule has 1 aliphatic carbocycles. The molecular formula is C16H25N3S. The van der Waals surface area contributed by atoms with Crippen molar-refractivity contribution in [2.75, 3.05) is 32.1 Å². The second-order valence-electron chi connectivity index (χ2n) is 5.35. The van der Waals surface area contributed by atoms with Gasteiger partial charge in [0, 0.05) is 31.3 Å². The zero-order chi connectivity index (χ0) is 14.3. The van der Waals surface area contributed by atoms with Crippen LogP contribution in [-0.2, 0) is 5.41 Å². The molecule has 0 unspecified atom stereocenters. The molecule has 4 heteroatoms. The Balaban J connectivity index is 1.91. The van der Waals surface area contributed by atoms with Crippen LogP contribution in [0.3, 0.4) is 0 Å². The van der Waals surface area contributed by atoms with Crippen LogP contribution in [0.1, 0.15) is 24.8 Å².